The summed E-state index contributed by atoms with van der Waals surface area (Å²) < 4.78 is 0. The zero-order valence-corrected chi connectivity index (χ0v) is 8.03. The van der Waals surface area contributed by atoms with Crippen molar-refractivity contribution in [2.75, 3.05) is 45.8 Å². The van der Waals surface area contributed by atoms with Crippen molar-refractivity contribution >= 4 is 0 Å². The van der Waals surface area contributed by atoms with Crippen molar-refractivity contribution in [3.8, 4) is 0 Å². The van der Waals surface area contributed by atoms with Crippen LogP contribution in [0.5, 0.6) is 0 Å². The molecule has 1 fully saturated rings. The Hall–Kier alpha value is -0.160. The van der Waals surface area contributed by atoms with Gasteiger partial charge in [0.15, 0.2) is 0 Å². The van der Waals surface area contributed by atoms with E-state index in [2.05, 4.69) is 22.9 Å². The van der Waals surface area contributed by atoms with Gasteiger partial charge in [0.25, 0.3) is 0 Å². The fourth-order valence-corrected chi connectivity index (χ4v) is 0.882. The molecule has 12 heavy (non-hydrogen) atoms. The molecule has 0 saturated carbocycles. The van der Waals surface area contributed by atoms with Crippen molar-refractivity contribution in [2.45, 2.75) is 6.92 Å². The lowest BCUT2D eigenvalue weighted by atomic mass is 10.4. The number of nitrogens with two attached hydrogens (primary N) is 1. The molecule has 0 spiro atoms. The van der Waals surface area contributed by atoms with E-state index in [0.717, 1.165) is 45.8 Å². The third kappa shape index (κ3) is 9.84. The Kier molecular flexibility index (Phi) is 10.7. The Balaban J connectivity index is 0.000000202. The van der Waals surface area contributed by atoms with Crippen molar-refractivity contribution in [1.82, 2.24) is 16.0 Å². The Morgan fingerprint density at radius 3 is 1.83 bits per heavy atom. The van der Waals surface area contributed by atoms with Crippen LogP contribution in [0, 0.1) is 0 Å². The lowest BCUT2D eigenvalue weighted by Gasteiger charge is -2.11. The van der Waals surface area contributed by atoms with Crippen LogP contribution in [0.3, 0.4) is 0 Å². The van der Waals surface area contributed by atoms with Gasteiger partial charge in [-0.05, 0) is 6.54 Å². The molecule has 74 valence electrons. The molecule has 4 nitrogen and oxygen atoms in total. The summed E-state index contributed by atoms with van der Waals surface area (Å²) in [5.74, 6) is 0. The highest BCUT2D eigenvalue weighted by molar-refractivity contribution is 4.59. The van der Waals surface area contributed by atoms with Gasteiger partial charge in [-0.3, -0.25) is 0 Å². The highest BCUT2D eigenvalue weighted by atomic mass is 15.0. The first-order valence-corrected chi connectivity index (χ1v) is 4.74. The number of nitrogens with one attached hydrogen (secondary N) is 3. The molecule has 5 N–H and O–H groups in total. The predicted molar refractivity (Wildman–Crippen MR) is 53.3 cm³/mol. The van der Waals surface area contributed by atoms with Gasteiger partial charge in [-0.2, -0.15) is 0 Å². The molecule has 0 aromatic heterocycles. The highest BCUT2D eigenvalue weighted by Gasteiger charge is 1.91. The van der Waals surface area contributed by atoms with E-state index in [9.17, 15) is 0 Å². The predicted octanol–water partition coefficient (Wildman–Crippen LogP) is -1.27. The Morgan fingerprint density at radius 1 is 1.17 bits per heavy atom. The third-order valence-corrected chi connectivity index (χ3v) is 1.53. The molecule has 1 saturated heterocycles. The summed E-state index contributed by atoms with van der Waals surface area (Å²) in [5, 5.41) is 9.52. The van der Waals surface area contributed by atoms with Crippen LogP contribution < -0.4 is 21.7 Å². The first-order valence-electron chi connectivity index (χ1n) is 4.74. The lowest BCUT2D eigenvalue weighted by molar-refractivity contribution is 0.534. The third-order valence-electron chi connectivity index (χ3n) is 1.53. The van der Waals surface area contributed by atoms with Gasteiger partial charge in [-0.25, -0.2) is 0 Å². The maximum atomic E-state index is 5.15. The molecule has 0 aromatic carbocycles. The van der Waals surface area contributed by atoms with E-state index in [0.29, 0.717) is 0 Å². The number of rotatable bonds is 3. The molecule has 0 radical (unpaired) electrons. The Labute approximate surface area is 75.3 Å². The minimum atomic E-state index is 0.744. The first kappa shape index (κ1) is 11.8. The second-order valence-corrected chi connectivity index (χ2v) is 2.64. The molecule has 0 amide bonds. The zero-order valence-electron chi connectivity index (χ0n) is 8.03. The number of piperazine rings is 1. The zero-order chi connectivity index (χ0) is 9.07. The maximum absolute atomic E-state index is 5.15. The minimum absolute atomic E-state index is 0.744. The summed E-state index contributed by atoms with van der Waals surface area (Å²) in [7, 11) is 0. The van der Waals surface area contributed by atoms with Crippen LogP contribution in [0.2, 0.25) is 0 Å². The monoisotopic (exact) mass is 174 g/mol. The largest absolute Gasteiger partial charge is 0.329 e. The van der Waals surface area contributed by atoms with Gasteiger partial charge < -0.3 is 21.7 Å². The Morgan fingerprint density at radius 2 is 1.67 bits per heavy atom. The molecular formula is C8H22N4. The topological polar surface area (TPSA) is 62.1 Å². The van der Waals surface area contributed by atoms with Crippen LogP contribution in [0.25, 0.3) is 0 Å². The normalized spacial score (nSPS) is 16.5. The maximum Gasteiger partial charge on any atom is 0.00772 e. The van der Waals surface area contributed by atoms with Crippen molar-refractivity contribution in [1.29, 1.82) is 0 Å². The van der Waals surface area contributed by atoms with Gasteiger partial charge in [0.1, 0.15) is 0 Å². The summed E-state index contributed by atoms with van der Waals surface area (Å²) in [6, 6.07) is 0. The second kappa shape index (κ2) is 10.8. The second-order valence-electron chi connectivity index (χ2n) is 2.64. The van der Waals surface area contributed by atoms with Crippen LogP contribution in [-0.2, 0) is 0 Å². The van der Waals surface area contributed by atoms with Crippen LogP contribution in [0.1, 0.15) is 6.92 Å². The molecule has 0 bridgehead atoms. The van der Waals surface area contributed by atoms with E-state index in [1.807, 2.05) is 0 Å². The number of hydrogen-bond acceptors (Lipinski definition) is 4. The quantitative estimate of drug-likeness (QED) is 0.403. The van der Waals surface area contributed by atoms with E-state index < -0.39 is 0 Å². The van der Waals surface area contributed by atoms with E-state index >= 15 is 0 Å². The number of likely N-dealkylation sites (N-methyl/N-ethyl adjacent to an activating group) is 1. The summed E-state index contributed by atoms with van der Waals surface area (Å²) in [6.45, 7) is 9.33. The molecule has 1 rings (SSSR count). The van der Waals surface area contributed by atoms with Gasteiger partial charge in [-0.1, -0.05) is 6.92 Å². The molecule has 1 aliphatic heterocycles. The molecule has 1 aliphatic rings. The SMILES string of the molecule is C1CNCCN1.CCNCCN. The van der Waals surface area contributed by atoms with E-state index in [4.69, 9.17) is 5.73 Å². The van der Waals surface area contributed by atoms with Gasteiger partial charge >= 0.3 is 0 Å². The molecule has 1 heterocycles. The highest BCUT2D eigenvalue weighted by Crippen LogP contribution is 1.65. The summed E-state index contributed by atoms with van der Waals surface area (Å²) >= 11 is 0. The lowest BCUT2D eigenvalue weighted by Crippen LogP contribution is -2.39. The van der Waals surface area contributed by atoms with Gasteiger partial charge in [0.05, 0.1) is 0 Å². The molecule has 0 unspecified atom stereocenters. The van der Waals surface area contributed by atoms with Crippen LogP contribution in [-0.4, -0.2) is 45.8 Å². The van der Waals surface area contributed by atoms with Crippen molar-refractivity contribution in [3.05, 3.63) is 0 Å². The van der Waals surface area contributed by atoms with Crippen molar-refractivity contribution in [3.63, 3.8) is 0 Å². The van der Waals surface area contributed by atoms with E-state index in [-0.39, 0.29) is 0 Å². The molecule has 4 heteroatoms. The van der Waals surface area contributed by atoms with Crippen LogP contribution >= 0.6 is 0 Å². The summed E-state index contributed by atoms with van der Waals surface area (Å²) in [6.07, 6.45) is 0. The summed E-state index contributed by atoms with van der Waals surface area (Å²) in [5.41, 5.74) is 5.15. The fraction of sp³-hybridized carbons (Fsp3) is 1.00. The van der Waals surface area contributed by atoms with E-state index in [1.54, 1.807) is 0 Å². The van der Waals surface area contributed by atoms with Crippen molar-refractivity contribution < 1.29 is 0 Å². The average molecular weight is 174 g/mol. The van der Waals surface area contributed by atoms with Crippen LogP contribution in [0.15, 0.2) is 0 Å². The van der Waals surface area contributed by atoms with Gasteiger partial charge in [0, 0.05) is 39.3 Å². The molecular weight excluding hydrogens is 152 g/mol. The first-order chi connectivity index (χ1) is 5.91. The smallest absolute Gasteiger partial charge is 0.00772 e. The Bertz CT molecular complexity index is 57.9. The van der Waals surface area contributed by atoms with Gasteiger partial charge in [-0.15, -0.1) is 0 Å². The minimum Gasteiger partial charge on any atom is -0.329 e. The van der Waals surface area contributed by atoms with Crippen molar-refractivity contribution in [2.24, 2.45) is 5.73 Å². The number of hydrogen-bond donors (Lipinski definition) is 4. The van der Waals surface area contributed by atoms with E-state index in [1.165, 1.54) is 0 Å². The van der Waals surface area contributed by atoms with Crippen LogP contribution in [0.4, 0.5) is 0 Å². The fourth-order valence-electron chi connectivity index (χ4n) is 0.882. The molecule has 0 atom stereocenters. The molecule has 0 aliphatic carbocycles. The molecule has 0 aromatic rings. The van der Waals surface area contributed by atoms with Gasteiger partial charge in [0.2, 0.25) is 0 Å². The average Bonchev–Trinajstić information content (AvgIpc) is 2.18. The standard InChI is InChI=1S/C4H10N2.C4H12N2/c1-2-6-4-3-5-1;1-2-6-4-3-5/h5-6H,1-4H2;6H,2-5H2,1H3. The summed E-state index contributed by atoms with van der Waals surface area (Å²) in [4.78, 5) is 0.